The van der Waals surface area contributed by atoms with Gasteiger partial charge in [0.25, 0.3) is 8.32 Å². The number of anilines is 5. The number of nitrogens with zero attached hydrogens (tertiary/aromatic N) is 17. The molecule has 6 fully saturated rings. The molecular formula is C91H118Br3N19O10Si2. The Morgan fingerprint density at radius 3 is 1.06 bits per heavy atom. The first-order valence-electron chi connectivity index (χ1n) is 43.0. The highest BCUT2D eigenvalue weighted by atomic mass is 79.9. The van der Waals surface area contributed by atoms with E-state index >= 15 is 0 Å². The van der Waals surface area contributed by atoms with Gasteiger partial charge in [-0.2, -0.15) is 0 Å². The highest BCUT2D eigenvalue weighted by Crippen LogP contribution is 2.42. The smallest absolute Gasteiger partial charge is 0.250 e. The molecule has 666 valence electrons. The number of aromatic hydroxyl groups is 2. The molecule has 18 rings (SSSR count). The van der Waals surface area contributed by atoms with Crippen molar-refractivity contribution in [3.05, 3.63) is 161 Å². The largest absolute Gasteiger partial charge is 0.542 e. The predicted octanol–water partition coefficient (Wildman–Crippen LogP) is 19.2. The number of morpholine rings is 3. The summed E-state index contributed by atoms with van der Waals surface area (Å²) >= 11 is 10.1. The number of ether oxygens (including phenoxy) is 7. The van der Waals surface area contributed by atoms with Gasteiger partial charge < -0.3 is 73.1 Å². The van der Waals surface area contributed by atoms with E-state index in [1.165, 1.54) is 19.3 Å². The van der Waals surface area contributed by atoms with Crippen LogP contribution in [0.1, 0.15) is 112 Å². The quantitative estimate of drug-likeness (QED) is 0.0735. The first-order valence-corrected chi connectivity index (χ1v) is 51.8. The average molecular weight is 1930 g/mol. The van der Waals surface area contributed by atoms with Crippen molar-refractivity contribution in [2.24, 2.45) is 0 Å². The molecule has 0 spiro atoms. The number of fused-ring (bicyclic) bond motifs is 5. The third-order valence-electron chi connectivity index (χ3n) is 23.3. The van der Waals surface area contributed by atoms with Crippen LogP contribution in [0.25, 0.3) is 55.2 Å². The Morgan fingerprint density at radius 2 is 0.696 bits per heavy atom. The van der Waals surface area contributed by atoms with E-state index in [-0.39, 0.29) is 28.7 Å². The van der Waals surface area contributed by atoms with Gasteiger partial charge in [0.05, 0.1) is 103 Å². The Balaban J connectivity index is 0.000000141. The summed E-state index contributed by atoms with van der Waals surface area (Å²) in [5.74, 6) is 4.74. The third-order valence-corrected chi connectivity index (χ3v) is 33.5. The molecule has 12 aromatic rings. The van der Waals surface area contributed by atoms with Crippen molar-refractivity contribution >= 4 is 148 Å². The van der Waals surface area contributed by atoms with E-state index in [4.69, 9.17) is 37.6 Å². The zero-order valence-corrected chi connectivity index (χ0v) is 80.5. The van der Waals surface area contributed by atoms with E-state index < -0.39 is 16.4 Å². The third kappa shape index (κ3) is 27.7. The molecule has 4 N–H and O–H groups in total. The zero-order chi connectivity index (χ0) is 88.5. The number of methoxy groups -OCH3 is 1. The Labute approximate surface area is 759 Å². The van der Waals surface area contributed by atoms with Crippen molar-refractivity contribution in [1.29, 1.82) is 0 Å². The van der Waals surface area contributed by atoms with Crippen molar-refractivity contribution in [2.45, 2.75) is 179 Å². The van der Waals surface area contributed by atoms with Gasteiger partial charge in [-0.05, 0) is 152 Å². The summed E-state index contributed by atoms with van der Waals surface area (Å²) in [5, 5.41) is 26.9. The van der Waals surface area contributed by atoms with Crippen LogP contribution in [0.4, 0.5) is 29.0 Å². The molecule has 4 saturated heterocycles. The van der Waals surface area contributed by atoms with Crippen molar-refractivity contribution in [2.75, 3.05) is 125 Å². The number of nitrogens with one attached hydrogen (secondary N) is 2. The SMILES string of the molecule is Brc1cnc(NC2CCC(Oc3cc(N4CCOCC4)cc4nccnc34)CC2)nc1.C1CCOCC1.CC(C)(C)[Si](C)(C)C.CC(C)(C)[Si](C)(C)Oc1cc(Br)cc2nccnc12.COc1cnc(NC2CCC(Oc3cc(N4CCOCC4)cc4nccnc34)CC2)nc1.Oc1cc(Br)cc2nccnc12.Oc1cc(N2CCOCC2)cc2nccnc12. The van der Waals surface area contributed by atoms with E-state index in [2.05, 4.69) is 241 Å². The van der Waals surface area contributed by atoms with Gasteiger partial charge in [-0.3, -0.25) is 24.9 Å². The number of phenolic OH excluding ortho intramolecular Hbond substituents is 2. The lowest BCUT2D eigenvalue weighted by molar-refractivity contribution is 0.0968. The van der Waals surface area contributed by atoms with Crippen LogP contribution >= 0.6 is 47.8 Å². The van der Waals surface area contributed by atoms with Crippen LogP contribution < -0.4 is 44.0 Å². The molecule has 2 saturated carbocycles. The minimum atomic E-state index is -1.87. The molecule has 5 aromatic carbocycles. The second-order valence-electron chi connectivity index (χ2n) is 34.8. The van der Waals surface area contributed by atoms with Crippen LogP contribution in [-0.4, -0.2) is 220 Å². The molecule has 0 atom stereocenters. The normalized spacial score (nSPS) is 18.1. The van der Waals surface area contributed by atoms with E-state index in [0.29, 0.717) is 56.8 Å². The summed E-state index contributed by atoms with van der Waals surface area (Å²) < 4.78 is 48.5. The van der Waals surface area contributed by atoms with E-state index in [9.17, 15) is 10.2 Å². The summed E-state index contributed by atoms with van der Waals surface area (Å²) in [7, 11) is -1.12. The molecule has 34 heteroatoms. The lowest BCUT2D eigenvalue weighted by atomic mass is 9.93. The molecule has 0 amide bonds. The lowest BCUT2D eigenvalue weighted by Crippen LogP contribution is -2.43. The zero-order valence-electron chi connectivity index (χ0n) is 73.7. The van der Waals surface area contributed by atoms with Crippen molar-refractivity contribution < 1.29 is 47.8 Å². The molecule has 0 bridgehead atoms. The first kappa shape index (κ1) is 94.6. The predicted molar refractivity (Wildman–Crippen MR) is 510 cm³/mol. The van der Waals surface area contributed by atoms with Gasteiger partial charge >= 0.3 is 0 Å². The van der Waals surface area contributed by atoms with E-state index in [1.54, 1.807) is 106 Å². The van der Waals surface area contributed by atoms with Crippen LogP contribution in [0.3, 0.4) is 0 Å². The summed E-state index contributed by atoms with van der Waals surface area (Å²) in [6.07, 6.45) is 35.6. The van der Waals surface area contributed by atoms with E-state index in [1.807, 2.05) is 24.3 Å². The number of benzene rings is 5. The summed E-state index contributed by atoms with van der Waals surface area (Å²) in [6.45, 7) is 37.0. The maximum absolute atomic E-state index is 9.92. The van der Waals surface area contributed by atoms with Crippen molar-refractivity contribution in [3.8, 4) is 34.5 Å². The Bertz CT molecular complexity index is 5380. The van der Waals surface area contributed by atoms with Gasteiger partial charge in [0, 0.05) is 191 Å². The second-order valence-corrected chi connectivity index (χ2v) is 48.3. The standard InChI is InChI=1S/C23H28N6O3.C22H25BrN6O2.C14H19BrN2OSi.C12H13N3O2.C8H5BrN2O.C7H18Si.C5H10O/c1-30-19-14-26-23(27-15-19)28-16-2-4-18(5-3-16)32-21-13-17(29-8-10-31-11-9-29)12-20-22(21)25-7-6-24-20;23-15-13-26-22(27-14-15)28-16-1-3-18(4-2-16)31-20-12-17(29-7-9-30-10-8-29)11-19-21(20)25-6-5-24-19;1-14(2,3)19(4,5)18-12-9-10(15)8-11-13(12)17-7-6-16-11;16-11-8-9(15-3-5-17-6-4-15)7-10-12(11)14-2-1-13-10;9-5-3-6-8(7(12)4-5)11-2-1-10-6;1-7(2,3)8(4,5)6;1-2-4-6-5-3-1/h6-7,12-16,18H,2-5,8-11H2,1H3,(H,26,27,28);5-6,11-14,16,18H,1-4,7-10H2,(H,26,27,28);6-9H,1-5H3;1-2,7-8,16H,3-6H2;1-4,12H;1-6H3;1-5H2. The number of halogens is 3. The molecule has 125 heavy (non-hydrogen) atoms. The topological polar surface area (TPSA) is 329 Å². The van der Waals surface area contributed by atoms with Gasteiger partial charge in [-0.15, -0.1) is 0 Å². The second kappa shape index (κ2) is 45.3. The molecule has 4 aliphatic heterocycles. The highest BCUT2D eigenvalue weighted by molar-refractivity contribution is 9.11. The van der Waals surface area contributed by atoms with Crippen LogP contribution in [0.5, 0.6) is 34.5 Å². The fourth-order valence-electron chi connectivity index (χ4n) is 13.8. The summed E-state index contributed by atoms with van der Waals surface area (Å²) in [6, 6.07) is 20.1. The van der Waals surface area contributed by atoms with Gasteiger partial charge in [0.2, 0.25) is 11.9 Å². The maximum atomic E-state index is 9.92. The minimum Gasteiger partial charge on any atom is -0.542 e. The minimum absolute atomic E-state index is 0.146. The molecule has 0 radical (unpaired) electrons. The van der Waals surface area contributed by atoms with Crippen LogP contribution in [-0.2, 0) is 18.9 Å². The molecule has 6 aliphatic rings. The fraction of sp³-hybridized carbons (Fsp3) is 0.473. The number of rotatable bonds is 14. The molecule has 2 aliphatic carbocycles. The first-order chi connectivity index (χ1) is 60.1. The lowest BCUT2D eigenvalue weighted by Gasteiger charge is -2.36. The fourth-order valence-corrected chi connectivity index (χ4v) is 15.8. The Morgan fingerprint density at radius 1 is 0.368 bits per heavy atom. The van der Waals surface area contributed by atoms with Gasteiger partial charge in [-0.1, -0.05) is 93.0 Å². The number of hydrogen-bond acceptors (Lipinski definition) is 29. The monoisotopic (exact) mass is 1930 g/mol. The maximum Gasteiger partial charge on any atom is 0.250 e. The average Bonchev–Trinajstić information content (AvgIpc) is 0.834. The molecular weight excluding hydrogens is 1820 g/mol. The van der Waals surface area contributed by atoms with Crippen LogP contribution in [0, 0.1) is 0 Å². The Hall–Kier alpha value is -9.53. The number of aromatic nitrogens is 14. The van der Waals surface area contributed by atoms with Gasteiger partial charge in [-0.25, -0.2) is 44.9 Å². The summed E-state index contributed by atoms with van der Waals surface area (Å²) in [5.41, 5.74) is 10.7. The number of hydrogen-bond donors (Lipinski definition) is 4. The molecule has 29 nitrogen and oxygen atoms in total. The van der Waals surface area contributed by atoms with Crippen LogP contribution in [0.15, 0.2) is 161 Å². The van der Waals surface area contributed by atoms with Crippen molar-refractivity contribution in [1.82, 2.24) is 69.8 Å². The Kier molecular flexibility index (Phi) is 34.2. The number of phenols is 2. The molecule has 11 heterocycles. The summed E-state index contributed by atoms with van der Waals surface area (Å²) in [4.78, 5) is 67.3. The van der Waals surface area contributed by atoms with E-state index in [0.717, 1.165) is 224 Å². The highest BCUT2D eigenvalue weighted by Gasteiger charge is 2.40. The molecule has 7 aromatic heterocycles. The van der Waals surface area contributed by atoms with Gasteiger partial charge in [0.15, 0.2) is 5.75 Å². The molecule has 0 unspecified atom stereocenters. The van der Waals surface area contributed by atoms with Crippen LogP contribution in [0.2, 0.25) is 42.8 Å². The van der Waals surface area contributed by atoms with Crippen molar-refractivity contribution in [3.63, 3.8) is 0 Å². The van der Waals surface area contributed by atoms with Gasteiger partial charge in [0.1, 0.15) is 56.3 Å².